The van der Waals surface area contributed by atoms with Crippen LogP contribution in [0.2, 0.25) is 0 Å². The Morgan fingerprint density at radius 2 is 1.84 bits per heavy atom. The summed E-state index contributed by atoms with van der Waals surface area (Å²) >= 11 is 0. The predicted octanol–water partition coefficient (Wildman–Crippen LogP) is 1.91. The number of ketones is 1. The molecule has 0 bridgehead atoms. The van der Waals surface area contributed by atoms with E-state index in [0.717, 1.165) is 22.3 Å². The summed E-state index contributed by atoms with van der Waals surface area (Å²) in [5.41, 5.74) is 1.88. The number of hydrogen-bond acceptors (Lipinski definition) is 7. The number of rotatable bonds is 7. The van der Waals surface area contributed by atoms with Crippen LogP contribution in [0, 0.1) is 5.21 Å². The molecule has 2 aromatic carbocycles. The monoisotopic (exact) mass is 606 g/mol. The third-order valence-corrected chi connectivity index (χ3v) is 9.84. The highest BCUT2D eigenvalue weighted by Crippen LogP contribution is 2.34. The highest BCUT2D eigenvalue weighted by Gasteiger charge is 2.54. The minimum atomic E-state index is -4.18. The van der Waals surface area contributed by atoms with Crippen molar-refractivity contribution in [2.45, 2.75) is 62.0 Å². The lowest BCUT2D eigenvalue weighted by atomic mass is 9.86. The summed E-state index contributed by atoms with van der Waals surface area (Å²) in [5.74, 6) is -1.45. The number of aromatic nitrogens is 1. The molecule has 226 valence electrons. The van der Waals surface area contributed by atoms with Gasteiger partial charge in [-0.25, -0.2) is 8.42 Å². The number of phenols is 1. The number of carbonyl (C=O) groups excluding carboxylic acids is 3. The normalized spacial score (nSPS) is 19.7. The molecule has 0 saturated carbocycles. The molecule has 11 nitrogen and oxygen atoms in total. The zero-order chi connectivity index (χ0) is 31.1. The van der Waals surface area contributed by atoms with Crippen LogP contribution in [-0.4, -0.2) is 71.5 Å². The standard InChI is InChI=1S/C31H34N4O7S/c1-31(2,3)22-11-9-21(10-12-22)29(38)32-25(17-20-6-4-7-23(36)16-20)30(39)34-15-13-26-28(34)27(37)19-35(26)43(41,42)24-8-5-14-33(40)18-24/h4-12,14,16,18,25-26,28,36H,13,15,17,19H2,1-3H3,(H,32,38). The van der Waals surface area contributed by atoms with Gasteiger partial charge in [-0.1, -0.05) is 45.0 Å². The van der Waals surface area contributed by atoms with Crippen LogP contribution in [0.1, 0.15) is 48.7 Å². The lowest BCUT2D eigenvalue weighted by Gasteiger charge is -2.28. The van der Waals surface area contributed by atoms with Gasteiger partial charge in [-0.15, -0.1) is 0 Å². The molecule has 3 aromatic rings. The lowest BCUT2D eigenvalue weighted by Crippen LogP contribution is -2.53. The molecule has 3 atom stereocenters. The van der Waals surface area contributed by atoms with Crippen LogP contribution in [0.25, 0.3) is 0 Å². The number of hydrogen-bond donors (Lipinski definition) is 2. The molecule has 0 spiro atoms. The van der Waals surface area contributed by atoms with Crippen molar-refractivity contribution in [2.75, 3.05) is 13.1 Å². The molecule has 3 heterocycles. The topological polar surface area (TPSA) is 151 Å². The number of aromatic hydroxyl groups is 1. The molecule has 12 heteroatoms. The van der Waals surface area contributed by atoms with Crippen LogP contribution in [0.5, 0.6) is 5.75 Å². The Balaban J connectivity index is 1.40. The molecule has 43 heavy (non-hydrogen) atoms. The summed E-state index contributed by atoms with van der Waals surface area (Å²) in [6, 6.07) is 13.1. The average molecular weight is 607 g/mol. The van der Waals surface area contributed by atoms with Crippen LogP contribution < -0.4 is 10.0 Å². The minimum absolute atomic E-state index is 0.00108. The Hall–Kier alpha value is -4.29. The van der Waals surface area contributed by atoms with Crippen LogP contribution in [0.3, 0.4) is 0 Å². The van der Waals surface area contributed by atoms with E-state index in [1.165, 1.54) is 29.2 Å². The molecule has 0 aliphatic carbocycles. The fourth-order valence-electron chi connectivity index (χ4n) is 5.75. The van der Waals surface area contributed by atoms with E-state index in [1.54, 1.807) is 24.3 Å². The van der Waals surface area contributed by atoms with Gasteiger partial charge in [0.15, 0.2) is 18.2 Å². The fourth-order valence-corrected chi connectivity index (χ4v) is 7.38. The van der Waals surface area contributed by atoms with Crippen molar-refractivity contribution in [1.82, 2.24) is 14.5 Å². The second-order valence-electron chi connectivity index (χ2n) is 12.0. The first-order valence-corrected chi connectivity index (χ1v) is 15.4. The number of likely N-dealkylation sites (tertiary alicyclic amines) is 1. The number of sulfonamides is 1. The summed E-state index contributed by atoms with van der Waals surface area (Å²) in [5, 5.41) is 24.5. The fraction of sp³-hybridized carbons (Fsp3) is 0.355. The SMILES string of the molecule is CC(C)(C)c1ccc(C(=O)NC(Cc2cccc(O)c2)C(=O)N2CCC3C2C(=O)CN3S(=O)(=O)c2ccc[n+]([O-])c2)cc1. The van der Waals surface area contributed by atoms with Gasteiger partial charge in [0, 0.05) is 24.6 Å². The van der Waals surface area contributed by atoms with Crippen molar-refractivity contribution in [1.29, 1.82) is 0 Å². The predicted molar refractivity (Wildman–Crippen MR) is 156 cm³/mol. The molecule has 2 fully saturated rings. The van der Waals surface area contributed by atoms with Gasteiger partial charge in [-0.05, 0) is 53.3 Å². The number of nitrogens with zero attached hydrogens (tertiary/aromatic N) is 3. The minimum Gasteiger partial charge on any atom is -0.619 e. The third-order valence-electron chi connectivity index (χ3n) is 7.98. The van der Waals surface area contributed by atoms with Gasteiger partial charge in [-0.2, -0.15) is 9.04 Å². The molecule has 2 N–H and O–H groups in total. The maximum Gasteiger partial charge on any atom is 0.251 e. The van der Waals surface area contributed by atoms with Gasteiger partial charge in [0.1, 0.15) is 22.7 Å². The Labute approximate surface area is 250 Å². The summed E-state index contributed by atoms with van der Waals surface area (Å²) < 4.78 is 28.2. The number of benzene rings is 2. The van der Waals surface area contributed by atoms with Crippen molar-refractivity contribution in [2.24, 2.45) is 0 Å². The second-order valence-corrected chi connectivity index (χ2v) is 13.9. The number of nitrogens with one attached hydrogen (secondary N) is 1. The number of pyridine rings is 1. The van der Waals surface area contributed by atoms with Crippen LogP contribution >= 0.6 is 0 Å². The Kier molecular flexibility index (Phi) is 8.01. The van der Waals surface area contributed by atoms with Crippen LogP contribution in [0.4, 0.5) is 0 Å². The second kappa shape index (κ2) is 11.4. The Morgan fingerprint density at radius 3 is 2.49 bits per heavy atom. The zero-order valence-electron chi connectivity index (χ0n) is 24.1. The molecule has 0 radical (unpaired) electrons. The van der Waals surface area contributed by atoms with Crippen molar-refractivity contribution in [3.63, 3.8) is 0 Å². The smallest absolute Gasteiger partial charge is 0.251 e. The number of carbonyl (C=O) groups is 3. The maximum atomic E-state index is 14.0. The quantitative estimate of drug-likeness (QED) is 0.308. The molecular weight excluding hydrogens is 572 g/mol. The summed E-state index contributed by atoms with van der Waals surface area (Å²) in [7, 11) is -4.18. The molecule has 3 unspecified atom stereocenters. The molecule has 5 rings (SSSR count). The van der Waals surface area contributed by atoms with Crippen molar-refractivity contribution >= 4 is 27.6 Å². The molecule has 2 saturated heterocycles. The highest BCUT2D eigenvalue weighted by atomic mass is 32.2. The molecule has 2 aliphatic rings. The largest absolute Gasteiger partial charge is 0.619 e. The van der Waals surface area contributed by atoms with Gasteiger partial charge in [0.05, 0.1) is 12.6 Å². The van der Waals surface area contributed by atoms with E-state index in [9.17, 15) is 33.1 Å². The number of amides is 2. The molecule has 2 aliphatic heterocycles. The lowest BCUT2D eigenvalue weighted by molar-refractivity contribution is -0.607. The summed E-state index contributed by atoms with van der Waals surface area (Å²) in [6.45, 7) is 5.86. The third kappa shape index (κ3) is 6.11. The highest BCUT2D eigenvalue weighted by molar-refractivity contribution is 7.89. The van der Waals surface area contributed by atoms with E-state index >= 15 is 0 Å². The van der Waals surface area contributed by atoms with Crippen LogP contribution in [-0.2, 0) is 31.4 Å². The first-order valence-electron chi connectivity index (χ1n) is 14.0. The number of fused-ring (bicyclic) bond motifs is 1. The van der Waals surface area contributed by atoms with Crippen molar-refractivity contribution < 1.29 is 32.6 Å². The summed E-state index contributed by atoms with van der Waals surface area (Å²) in [6.07, 6.45) is 2.34. The Morgan fingerprint density at radius 1 is 1.12 bits per heavy atom. The van der Waals surface area contributed by atoms with Gasteiger partial charge >= 0.3 is 0 Å². The van der Waals surface area contributed by atoms with Gasteiger partial charge in [0.25, 0.3) is 5.91 Å². The van der Waals surface area contributed by atoms with E-state index in [2.05, 4.69) is 26.1 Å². The van der Waals surface area contributed by atoms with Crippen molar-refractivity contribution in [3.05, 3.63) is 95.0 Å². The van der Waals surface area contributed by atoms with Gasteiger partial charge in [0.2, 0.25) is 15.9 Å². The first kappa shape index (κ1) is 30.2. The van der Waals surface area contributed by atoms with Gasteiger partial charge < -0.3 is 20.5 Å². The Bertz CT molecular complexity index is 1670. The zero-order valence-corrected chi connectivity index (χ0v) is 25.0. The number of phenolic OH excluding ortho intramolecular Hbond substituents is 1. The first-order chi connectivity index (χ1) is 20.3. The van der Waals surface area contributed by atoms with Crippen LogP contribution in [0.15, 0.2) is 78.0 Å². The van der Waals surface area contributed by atoms with Gasteiger partial charge in [-0.3, -0.25) is 14.4 Å². The van der Waals surface area contributed by atoms with E-state index in [1.807, 2.05) is 12.1 Å². The maximum absolute atomic E-state index is 14.0. The summed E-state index contributed by atoms with van der Waals surface area (Å²) in [4.78, 5) is 41.7. The molecule has 1 aromatic heterocycles. The number of Topliss-reactive ketones (excluding diaryl/α,β-unsaturated/α-hetero) is 1. The van der Waals surface area contributed by atoms with E-state index in [-0.39, 0.29) is 35.4 Å². The average Bonchev–Trinajstić information content (AvgIpc) is 3.53. The van der Waals surface area contributed by atoms with E-state index in [4.69, 9.17) is 0 Å². The molecule has 2 amide bonds. The molecular formula is C31H34N4O7S. The van der Waals surface area contributed by atoms with Crippen molar-refractivity contribution in [3.8, 4) is 5.75 Å². The van der Waals surface area contributed by atoms with E-state index < -0.39 is 52.3 Å². The van der Waals surface area contributed by atoms with E-state index in [0.29, 0.717) is 15.9 Å².